The fraction of sp³-hybridized carbons (Fsp3) is 0.161. The zero-order valence-electron chi connectivity index (χ0n) is 21.0. The Balaban J connectivity index is 1.29. The second kappa shape index (κ2) is 10.8. The van der Waals surface area contributed by atoms with Crippen LogP contribution in [0.15, 0.2) is 91.0 Å². The molecule has 0 unspecified atom stereocenters. The molecule has 7 heteroatoms. The number of fused-ring (bicyclic) bond motifs is 1. The van der Waals surface area contributed by atoms with Gasteiger partial charge in [0.1, 0.15) is 18.2 Å². The van der Waals surface area contributed by atoms with E-state index in [4.69, 9.17) is 10.5 Å². The van der Waals surface area contributed by atoms with Crippen molar-refractivity contribution in [1.29, 1.82) is 0 Å². The van der Waals surface area contributed by atoms with Crippen LogP contribution in [0.5, 0.6) is 5.75 Å². The zero-order chi connectivity index (χ0) is 26.6. The molecule has 1 aliphatic heterocycles. The summed E-state index contributed by atoms with van der Waals surface area (Å²) in [4.78, 5) is 26.9. The monoisotopic (exact) mass is 509 g/mol. The van der Waals surface area contributed by atoms with Crippen molar-refractivity contribution in [3.8, 4) is 16.9 Å². The predicted octanol–water partition coefficient (Wildman–Crippen LogP) is 5.48. The molecule has 0 fully saturated rings. The van der Waals surface area contributed by atoms with Gasteiger partial charge in [0.15, 0.2) is 0 Å². The summed E-state index contributed by atoms with van der Waals surface area (Å²) in [6, 6.07) is 26.6. The van der Waals surface area contributed by atoms with Crippen molar-refractivity contribution >= 4 is 17.5 Å². The second-order valence-electron chi connectivity index (χ2n) is 9.31. The lowest BCUT2D eigenvalue weighted by Gasteiger charge is -2.31. The van der Waals surface area contributed by atoms with E-state index in [1.807, 2.05) is 49.4 Å². The normalized spacial score (nSPS) is 13.3. The van der Waals surface area contributed by atoms with Gasteiger partial charge in [0.2, 0.25) is 5.91 Å². The molecule has 0 saturated carbocycles. The Morgan fingerprint density at radius 2 is 1.79 bits per heavy atom. The number of hydrogen-bond donors (Lipinski definition) is 2. The van der Waals surface area contributed by atoms with E-state index in [-0.39, 0.29) is 17.8 Å². The van der Waals surface area contributed by atoms with Crippen LogP contribution in [0.3, 0.4) is 0 Å². The number of rotatable bonds is 7. The van der Waals surface area contributed by atoms with E-state index in [9.17, 15) is 14.0 Å². The number of amides is 2. The lowest BCUT2D eigenvalue weighted by Crippen LogP contribution is -2.32. The van der Waals surface area contributed by atoms with Crippen molar-refractivity contribution in [2.24, 2.45) is 5.73 Å². The number of carbonyl (C=O) groups is 2. The number of hydrogen-bond acceptors (Lipinski definition) is 4. The lowest BCUT2D eigenvalue weighted by atomic mass is 9.98. The summed E-state index contributed by atoms with van der Waals surface area (Å²) in [6.07, 6.45) is 0. The van der Waals surface area contributed by atoms with Crippen LogP contribution in [-0.2, 0) is 6.54 Å². The number of ether oxygens (including phenoxy) is 1. The summed E-state index contributed by atoms with van der Waals surface area (Å²) < 4.78 is 19.4. The van der Waals surface area contributed by atoms with Gasteiger partial charge >= 0.3 is 0 Å². The molecule has 5 rings (SSSR count). The van der Waals surface area contributed by atoms with E-state index in [1.165, 1.54) is 12.1 Å². The topological polar surface area (TPSA) is 84.7 Å². The molecule has 192 valence electrons. The lowest BCUT2D eigenvalue weighted by molar-refractivity contribution is 0.0938. The molecule has 0 bridgehead atoms. The van der Waals surface area contributed by atoms with Crippen molar-refractivity contribution in [1.82, 2.24) is 5.32 Å². The Morgan fingerprint density at radius 3 is 2.55 bits per heavy atom. The standard InChI is InChI=1S/C31H28FN3O3/c1-20(23-5-4-6-25(32)17-23)34-31(37)24-13-14-28-29(18-24)38-16-15-35(28)19-21-9-11-22(12-10-21)26-7-2-3-8-27(26)30(33)36/h2-14,17-18,20H,15-16,19H2,1H3,(H2,33,36)(H,34,37)/t20-/m0/s1. The second-order valence-corrected chi connectivity index (χ2v) is 9.31. The molecule has 0 saturated heterocycles. The van der Waals surface area contributed by atoms with Crippen molar-refractivity contribution in [2.75, 3.05) is 18.1 Å². The van der Waals surface area contributed by atoms with Crippen molar-refractivity contribution in [3.05, 3.63) is 119 Å². The highest BCUT2D eigenvalue weighted by Gasteiger charge is 2.21. The van der Waals surface area contributed by atoms with Crippen LogP contribution in [0, 0.1) is 5.82 Å². The maximum Gasteiger partial charge on any atom is 0.251 e. The highest BCUT2D eigenvalue weighted by atomic mass is 19.1. The molecule has 1 atom stereocenters. The third-order valence-corrected chi connectivity index (χ3v) is 6.71. The van der Waals surface area contributed by atoms with E-state index in [2.05, 4.69) is 10.2 Å². The molecule has 4 aromatic rings. The molecule has 0 aromatic heterocycles. The number of nitrogens with one attached hydrogen (secondary N) is 1. The van der Waals surface area contributed by atoms with Crippen molar-refractivity contribution in [3.63, 3.8) is 0 Å². The number of benzene rings is 4. The minimum Gasteiger partial charge on any atom is -0.490 e. The van der Waals surface area contributed by atoms with Gasteiger partial charge < -0.3 is 20.7 Å². The smallest absolute Gasteiger partial charge is 0.251 e. The third-order valence-electron chi connectivity index (χ3n) is 6.71. The van der Waals surface area contributed by atoms with E-state index in [0.717, 1.165) is 22.4 Å². The average Bonchev–Trinajstić information content (AvgIpc) is 2.93. The number of carbonyl (C=O) groups excluding carboxylic acids is 2. The van der Waals surface area contributed by atoms with Gasteiger partial charge in [-0.3, -0.25) is 9.59 Å². The Morgan fingerprint density at radius 1 is 1.00 bits per heavy atom. The highest BCUT2D eigenvalue weighted by Crippen LogP contribution is 2.34. The van der Waals surface area contributed by atoms with E-state index in [0.29, 0.717) is 42.1 Å². The van der Waals surface area contributed by atoms with Crippen LogP contribution in [0.1, 0.15) is 44.8 Å². The fourth-order valence-corrected chi connectivity index (χ4v) is 4.68. The van der Waals surface area contributed by atoms with Gasteiger partial charge in [-0.1, -0.05) is 54.6 Å². The number of halogens is 1. The first-order chi connectivity index (χ1) is 18.4. The van der Waals surface area contributed by atoms with E-state index in [1.54, 1.807) is 36.4 Å². The van der Waals surface area contributed by atoms with Crippen LogP contribution in [0.4, 0.5) is 10.1 Å². The average molecular weight is 510 g/mol. The molecule has 0 radical (unpaired) electrons. The minimum absolute atomic E-state index is 0.253. The van der Waals surface area contributed by atoms with Gasteiger partial charge in [0.05, 0.1) is 18.3 Å². The third kappa shape index (κ3) is 5.37. The van der Waals surface area contributed by atoms with Gasteiger partial charge in [-0.25, -0.2) is 4.39 Å². The minimum atomic E-state index is -0.453. The summed E-state index contributed by atoms with van der Waals surface area (Å²) in [6.45, 7) is 3.70. The molecule has 4 aromatic carbocycles. The van der Waals surface area contributed by atoms with Crippen LogP contribution < -0.4 is 20.7 Å². The van der Waals surface area contributed by atoms with E-state index >= 15 is 0 Å². The first-order valence-electron chi connectivity index (χ1n) is 12.5. The Labute approximate surface area is 220 Å². The van der Waals surface area contributed by atoms with Crippen LogP contribution in [-0.4, -0.2) is 25.0 Å². The Hall–Kier alpha value is -4.65. The molecule has 6 nitrogen and oxygen atoms in total. The Kier molecular flexibility index (Phi) is 7.09. The predicted molar refractivity (Wildman–Crippen MR) is 146 cm³/mol. The van der Waals surface area contributed by atoms with Crippen molar-refractivity contribution < 1.29 is 18.7 Å². The van der Waals surface area contributed by atoms with Gasteiger partial charge in [0, 0.05) is 17.7 Å². The largest absolute Gasteiger partial charge is 0.490 e. The molecular formula is C31H28FN3O3. The molecule has 0 aliphatic carbocycles. The number of primary amides is 1. The SMILES string of the molecule is C[C@H](NC(=O)c1ccc2c(c1)OCCN2Cc1ccc(-c2ccccc2C(N)=O)cc1)c1cccc(F)c1. The van der Waals surface area contributed by atoms with Crippen molar-refractivity contribution in [2.45, 2.75) is 19.5 Å². The summed E-state index contributed by atoms with van der Waals surface area (Å²) in [7, 11) is 0. The molecular weight excluding hydrogens is 481 g/mol. The summed E-state index contributed by atoms with van der Waals surface area (Å²) in [5.41, 5.74) is 11.0. The Bertz CT molecular complexity index is 1490. The number of nitrogens with two attached hydrogens (primary N) is 1. The van der Waals surface area contributed by atoms with Crippen LogP contribution in [0.25, 0.3) is 11.1 Å². The first-order valence-corrected chi connectivity index (χ1v) is 12.5. The molecule has 0 spiro atoms. The fourth-order valence-electron chi connectivity index (χ4n) is 4.68. The van der Waals surface area contributed by atoms with Gasteiger partial charge in [-0.15, -0.1) is 0 Å². The maximum absolute atomic E-state index is 13.6. The molecule has 1 heterocycles. The zero-order valence-corrected chi connectivity index (χ0v) is 21.0. The van der Waals surface area contributed by atoms with Gasteiger partial charge in [-0.2, -0.15) is 0 Å². The molecule has 2 amide bonds. The molecule has 1 aliphatic rings. The van der Waals surface area contributed by atoms with E-state index < -0.39 is 5.91 Å². The quantitative estimate of drug-likeness (QED) is 0.346. The van der Waals surface area contributed by atoms with Crippen LogP contribution >= 0.6 is 0 Å². The van der Waals surface area contributed by atoms with Gasteiger partial charge in [-0.05, 0) is 65.6 Å². The highest BCUT2D eigenvalue weighted by molar-refractivity contribution is 5.99. The van der Waals surface area contributed by atoms with Gasteiger partial charge in [0.25, 0.3) is 5.91 Å². The summed E-state index contributed by atoms with van der Waals surface area (Å²) in [5, 5.41) is 2.92. The molecule has 3 N–H and O–H groups in total. The maximum atomic E-state index is 13.6. The number of anilines is 1. The first kappa shape index (κ1) is 25.0. The summed E-state index contributed by atoms with van der Waals surface area (Å²) in [5.74, 6) is -0.395. The summed E-state index contributed by atoms with van der Waals surface area (Å²) >= 11 is 0. The molecule has 38 heavy (non-hydrogen) atoms. The number of nitrogens with zero attached hydrogens (tertiary/aromatic N) is 1. The van der Waals surface area contributed by atoms with Crippen LogP contribution in [0.2, 0.25) is 0 Å².